The summed E-state index contributed by atoms with van der Waals surface area (Å²) in [4.78, 5) is 23.7. The van der Waals surface area contributed by atoms with E-state index in [1.54, 1.807) is 37.4 Å². The molecule has 1 amide bonds. The van der Waals surface area contributed by atoms with Gasteiger partial charge in [-0.25, -0.2) is 4.79 Å². The second-order valence-corrected chi connectivity index (χ2v) is 5.93. The van der Waals surface area contributed by atoms with Gasteiger partial charge in [0, 0.05) is 30.1 Å². The second-order valence-electron chi connectivity index (χ2n) is 5.93. The zero-order valence-corrected chi connectivity index (χ0v) is 14.4. The topological polar surface area (TPSA) is 80.6 Å². The smallest absolute Gasteiger partial charge is 0.330 e. The number of amides is 1. The van der Waals surface area contributed by atoms with Crippen LogP contribution in [0, 0.1) is 0 Å². The standard InChI is InChI=1S/C20H20N2O4/c1-26-16-7-8-17-15(13-16)9-11-22(17)12-10-18(23)21-19(20(24)25)14-5-3-2-4-6-14/h2-9,11,13,19H,10,12H2,1H3,(H,21,23)(H,24,25)/t19-/m1/s1. The molecule has 134 valence electrons. The Morgan fingerprint density at radius 3 is 2.62 bits per heavy atom. The van der Waals surface area contributed by atoms with Gasteiger partial charge in [0.1, 0.15) is 5.75 Å². The Kier molecular flexibility index (Phi) is 5.22. The molecule has 0 fully saturated rings. The van der Waals surface area contributed by atoms with E-state index in [-0.39, 0.29) is 12.3 Å². The van der Waals surface area contributed by atoms with Crippen LogP contribution in [0.25, 0.3) is 10.9 Å². The lowest BCUT2D eigenvalue weighted by Gasteiger charge is -2.15. The molecule has 0 aliphatic carbocycles. The van der Waals surface area contributed by atoms with Gasteiger partial charge in [0.15, 0.2) is 6.04 Å². The third kappa shape index (κ3) is 3.85. The Morgan fingerprint density at radius 2 is 1.92 bits per heavy atom. The number of aromatic nitrogens is 1. The number of hydrogen-bond acceptors (Lipinski definition) is 3. The van der Waals surface area contributed by atoms with Crippen LogP contribution in [0.1, 0.15) is 18.0 Å². The Labute approximate surface area is 151 Å². The molecule has 0 aliphatic heterocycles. The highest BCUT2D eigenvalue weighted by molar-refractivity contribution is 5.85. The maximum absolute atomic E-state index is 12.3. The van der Waals surface area contributed by atoms with Crippen LogP contribution in [0.15, 0.2) is 60.8 Å². The van der Waals surface area contributed by atoms with Crippen molar-refractivity contribution in [1.82, 2.24) is 9.88 Å². The number of carbonyl (C=O) groups is 2. The quantitative estimate of drug-likeness (QED) is 0.685. The van der Waals surface area contributed by atoms with Crippen LogP contribution in [0.4, 0.5) is 0 Å². The van der Waals surface area contributed by atoms with Crippen molar-refractivity contribution < 1.29 is 19.4 Å². The van der Waals surface area contributed by atoms with E-state index in [1.165, 1.54) is 0 Å². The summed E-state index contributed by atoms with van der Waals surface area (Å²) in [6.07, 6.45) is 2.09. The Balaban J connectivity index is 1.66. The van der Waals surface area contributed by atoms with Gasteiger partial charge in [-0.1, -0.05) is 30.3 Å². The molecule has 0 bridgehead atoms. The summed E-state index contributed by atoms with van der Waals surface area (Å²) in [7, 11) is 1.62. The van der Waals surface area contributed by atoms with E-state index in [0.29, 0.717) is 12.1 Å². The molecule has 0 aliphatic rings. The first-order valence-electron chi connectivity index (χ1n) is 8.28. The summed E-state index contributed by atoms with van der Waals surface area (Å²) >= 11 is 0. The van der Waals surface area contributed by atoms with E-state index < -0.39 is 12.0 Å². The van der Waals surface area contributed by atoms with Crippen LogP contribution < -0.4 is 10.1 Å². The van der Waals surface area contributed by atoms with Gasteiger partial charge in [-0.05, 0) is 29.8 Å². The predicted octanol–water partition coefficient (Wildman–Crippen LogP) is 2.98. The number of fused-ring (bicyclic) bond motifs is 1. The zero-order chi connectivity index (χ0) is 18.5. The normalized spacial score (nSPS) is 11.9. The third-order valence-electron chi connectivity index (χ3n) is 4.24. The fourth-order valence-electron chi connectivity index (χ4n) is 2.89. The van der Waals surface area contributed by atoms with Crippen LogP contribution in [-0.2, 0) is 16.1 Å². The van der Waals surface area contributed by atoms with Crippen LogP contribution in [0.5, 0.6) is 5.75 Å². The summed E-state index contributed by atoms with van der Waals surface area (Å²) in [5.41, 5.74) is 1.54. The van der Waals surface area contributed by atoms with E-state index in [9.17, 15) is 14.7 Å². The number of benzene rings is 2. The number of rotatable bonds is 7. The maximum atomic E-state index is 12.3. The molecule has 1 heterocycles. The number of methoxy groups -OCH3 is 1. The van der Waals surface area contributed by atoms with Crippen molar-refractivity contribution in [3.05, 3.63) is 66.4 Å². The average Bonchev–Trinajstić information content (AvgIpc) is 3.07. The van der Waals surface area contributed by atoms with Gasteiger partial charge in [-0.15, -0.1) is 0 Å². The molecule has 3 aromatic rings. The molecule has 0 saturated heterocycles. The summed E-state index contributed by atoms with van der Waals surface area (Å²) in [5.74, 6) is -0.611. The Morgan fingerprint density at radius 1 is 1.15 bits per heavy atom. The van der Waals surface area contributed by atoms with Crippen molar-refractivity contribution in [2.24, 2.45) is 0 Å². The minimum atomic E-state index is -1.08. The largest absolute Gasteiger partial charge is 0.497 e. The van der Waals surface area contributed by atoms with E-state index in [2.05, 4.69) is 5.32 Å². The molecule has 3 rings (SSSR count). The molecule has 0 saturated carbocycles. The molecule has 1 atom stereocenters. The SMILES string of the molecule is COc1ccc2c(ccn2CCC(=O)N[C@@H](C(=O)O)c2ccccc2)c1. The number of carboxylic acid groups (broad SMARTS) is 1. The van der Waals surface area contributed by atoms with Crippen LogP contribution >= 0.6 is 0 Å². The number of carbonyl (C=O) groups excluding carboxylic acids is 1. The molecule has 0 radical (unpaired) electrons. The highest BCUT2D eigenvalue weighted by Crippen LogP contribution is 2.22. The van der Waals surface area contributed by atoms with Crippen molar-refractivity contribution in [3.63, 3.8) is 0 Å². The summed E-state index contributed by atoms with van der Waals surface area (Å²) in [6.45, 7) is 0.461. The fraction of sp³-hybridized carbons (Fsp3) is 0.200. The van der Waals surface area contributed by atoms with Gasteiger partial charge in [0.05, 0.1) is 7.11 Å². The molecular weight excluding hydrogens is 332 g/mol. The molecule has 6 heteroatoms. The number of nitrogens with zero attached hydrogens (tertiary/aromatic N) is 1. The molecular formula is C20H20N2O4. The number of carboxylic acids is 1. The molecule has 0 spiro atoms. The highest BCUT2D eigenvalue weighted by atomic mass is 16.5. The summed E-state index contributed by atoms with van der Waals surface area (Å²) in [6, 6.07) is 15.3. The van der Waals surface area contributed by atoms with Gasteiger partial charge in [0.25, 0.3) is 0 Å². The van der Waals surface area contributed by atoms with Crippen molar-refractivity contribution >= 4 is 22.8 Å². The molecule has 26 heavy (non-hydrogen) atoms. The van der Waals surface area contributed by atoms with E-state index in [4.69, 9.17) is 4.74 Å². The van der Waals surface area contributed by atoms with Gasteiger partial charge in [-0.3, -0.25) is 4.79 Å². The van der Waals surface area contributed by atoms with Crippen molar-refractivity contribution in [3.8, 4) is 5.75 Å². The Bertz CT molecular complexity index is 918. The lowest BCUT2D eigenvalue weighted by molar-refractivity contribution is -0.142. The molecule has 2 N–H and O–H groups in total. The fourth-order valence-corrected chi connectivity index (χ4v) is 2.89. The van der Waals surface area contributed by atoms with Gasteiger partial charge >= 0.3 is 5.97 Å². The number of nitrogens with one attached hydrogen (secondary N) is 1. The summed E-state index contributed by atoms with van der Waals surface area (Å²) in [5, 5.41) is 13.0. The predicted molar refractivity (Wildman–Crippen MR) is 98.1 cm³/mol. The molecule has 1 aromatic heterocycles. The number of hydrogen-bond donors (Lipinski definition) is 2. The van der Waals surface area contributed by atoms with Crippen molar-refractivity contribution in [2.75, 3.05) is 7.11 Å². The maximum Gasteiger partial charge on any atom is 0.330 e. The first-order valence-corrected chi connectivity index (χ1v) is 8.28. The minimum Gasteiger partial charge on any atom is -0.497 e. The summed E-state index contributed by atoms with van der Waals surface area (Å²) < 4.78 is 7.17. The molecule has 0 unspecified atom stereocenters. The lowest BCUT2D eigenvalue weighted by Crippen LogP contribution is -2.34. The zero-order valence-electron chi connectivity index (χ0n) is 14.4. The lowest BCUT2D eigenvalue weighted by atomic mass is 10.1. The number of aliphatic carboxylic acids is 1. The van der Waals surface area contributed by atoms with Gasteiger partial charge in [0.2, 0.25) is 5.91 Å². The first kappa shape index (κ1) is 17.5. The van der Waals surface area contributed by atoms with Crippen LogP contribution in [-0.4, -0.2) is 28.7 Å². The van der Waals surface area contributed by atoms with E-state index in [1.807, 2.05) is 35.0 Å². The van der Waals surface area contributed by atoms with Crippen molar-refractivity contribution in [2.45, 2.75) is 19.0 Å². The van der Waals surface area contributed by atoms with Crippen molar-refractivity contribution in [1.29, 1.82) is 0 Å². The highest BCUT2D eigenvalue weighted by Gasteiger charge is 2.21. The minimum absolute atomic E-state index is 0.187. The third-order valence-corrected chi connectivity index (χ3v) is 4.24. The second kappa shape index (κ2) is 7.74. The number of aryl methyl sites for hydroxylation is 1. The van der Waals surface area contributed by atoms with Gasteiger partial charge < -0.3 is 19.7 Å². The van der Waals surface area contributed by atoms with Gasteiger partial charge in [-0.2, -0.15) is 0 Å². The van der Waals surface area contributed by atoms with Crippen LogP contribution in [0.2, 0.25) is 0 Å². The molecule has 2 aromatic carbocycles. The first-order chi connectivity index (χ1) is 12.6. The van der Waals surface area contributed by atoms with E-state index >= 15 is 0 Å². The number of ether oxygens (including phenoxy) is 1. The Hall–Kier alpha value is -3.28. The molecule has 6 nitrogen and oxygen atoms in total. The monoisotopic (exact) mass is 352 g/mol. The van der Waals surface area contributed by atoms with Crippen LogP contribution in [0.3, 0.4) is 0 Å². The van der Waals surface area contributed by atoms with E-state index in [0.717, 1.165) is 16.7 Å². The average molecular weight is 352 g/mol.